The van der Waals surface area contributed by atoms with Crippen LogP contribution in [-0.4, -0.2) is 66.4 Å². The maximum Gasteiger partial charge on any atom is 0.349 e. The Kier molecular flexibility index (Phi) is 7.98. The number of piperidine rings is 1. The van der Waals surface area contributed by atoms with Crippen molar-refractivity contribution in [2.24, 2.45) is 0 Å². The molecule has 0 bridgehead atoms. The number of ether oxygens (including phenoxy) is 1. The highest BCUT2D eigenvalue weighted by atomic mass is 32.2. The third-order valence-corrected chi connectivity index (χ3v) is 8.82. The van der Waals surface area contributed by atoms with Crippen LogP contribution in [0.1, 0.15) is 41.4 Å². The maximum atomic E-state index is 12.3. The van der Waals surface area contributed by atoms with Gasteiger partial charge in [0.25, 0.3) is 0 Å². The van der Waals surface area contributed by atoms with Crippen LogP contribution < -0.4 is 10.1 Å². The van der Waals surface area contributed by atoms with Gasteiger partial charge in [-0.15, -0.1) is 11.3 Å². The lowest BCUT2D eigenvalue weighted by atomic mass is 10.0. The molecule has 1 saturated heterocycles. The third kappa shape index (κ3) is 6.04. The van der Waals surface area contributed by atoms with Gasteiger partial charge in [-0.1, -0.05) is 19.1 Å². The Balaban J connectivity index is 1.75. The lowest BCUT2D eigenvalue weighted by Gasteiger charge is -2.32. The van der Waals surface area contributed by atoms with Gasteiger partial charge in [0.1, 0.15) is 5.75 Å². The number of aliphatic carboxylic acids is 1. The van der Waals surface area contributed by atoms with Crippen molar-refractivity contribution in [1.29, 1.82) is 0 Å². The Morgan fingerprint density at radius 3 is 2.55 bits per heavy atom. The highest BCUT2D eigenvalue weighted by molar-refractivity contribution is 7.89. The summed E-state index contributed by atoms with van der Waals surface area (Å²) in [5, 5.41) is 21.9. The second kappa shape index (κ2) is 10.5. The number of hydrogen-bond donors (Lipinski definition) is 3. The Morgan fingerprint density at radius 1 is 1.24 bits per heavy atom. The van der Waals surface area contributed by atoms with Crippen LogP contribution in [-0.2, 0) is 14.8 Å². The van der Waals surface area contributed by atoms with Crippen molar-refractivity contribution in [2.75, 3.05) is 30.8 Å². The number of nitrogens with one attached hydrogen (secondary N) is 1. The topological polar surface area (TPSA) is 133 Å². The zero-order valence-electron chi connectivity index (χ0n) is 18.5. The minimum Gasteiger partial charge on any atom is -0.480 e. The second-order valence-electron chi connectivity index (χ2n) is 7.92. The smallest absolute Gasteiger partial charge is 0.349 e. The average Bonchev–Trinajstić information content (AvgIpc) is 3.09. The van der Waals surface area contributed by atoms with Crippen molar-refractivity contribution < 1.29 is 33.0 Å². The second-order valence-corrected chi connectivity index (χ2v) is 11.0. The summed E-state index contributed by atoms with van der Waals surface area (Å²) in [6, 6.07) is 7.66. The molecule has 1 aliphatic rings. The zero-order valence-corrected chi connectivity index (χ0v) is 20.2. The lowest BCUT2D eigenvalue weighted by Crippen LogP contribution is -2.43. The fourth-order valence-corrected chi connectivity index (χ4v) is 6.50. The molecule has 0 amide bonds. The molecule has 3 N–H and O–H groups in total. The SMILES string of the molecule is CCCS(=O)(=O)N1CCC(Nc2cccc(-c3sc(C(=O)O)c(OCC(=O)O)c3C)c2)CC1. The van der Waals surface area contributed by atoms with Crippen LogP contribution in [0.25, 0.3) is 10.4 Å². The molecule has 1 aromatic carbocycles. The van der Waals surface area contributed by atoms with E-state index in [9.17, 15) is 23.1 Å². The largest absolute Gasteiger partial charge is 0.480 e. The van der Waals surface area contributed by atoms with Crippen LogP contribution in [0.5, 0.6) is 5.75 Å². The number of anilines is 1. The number of benzene rings is 1. The first kappa shape index (κ1) is 25.0. The number of carboxylic acid groups (broad SMARTS) is 2. The molecule has 1 aliphatic heterocycles. The van der Waals surface area contributed by atoms with Gasteiger partial charge in [-0.25, -0.2) is 22.3 Å². The van der Waals surface area contributed by atoms with Gasteiger partial charge < -0.3 is 20.3 Å². The first-order chi connectivity index (χ1) is 15.6. The molecule has 33 heavy (non-hydrogen) atoms. The van der Waals surface area contributed by atoms with Crippen LogP contribution in [0, 0.1) is 6.92 Å². The highest BCUT2D eigenvalue weighted by Crippen LogP contribution is 2.42. The van der Waals surface area contributed by atoms with E-state index in [0.29, 0.717) is 42.8 Å². The number of aromatic carboxylic acids is 1. The molecular weight excluding hydrogens is 468 g/mol. The lowest BCUT2D eigenvalue weighted by molar-refractivity contribution is -0.139. The van der Waals surface area contributed by atoms with Crippen LogP contribution in [0.3, 0.4) is 0 Å². The summed E-state index contributed by atoms with van der Waals surface area (Å²) in [6.45, 7) is 3.91. The third-order valence-electron chi connectivity index (χ3n) is 5.43. The first-order valence-corrected chi connectivity index (χ1v) is 13.1. The molecule has 0 unspecified atom stereocenters. The van der Waals surface area contributed by atoms with Gasteiger partial charge in [0.2, 0.25) is 10.0 Å². The highest BCUT2D eigenvalue weighted by Gasteiger charge is 2.27. The fraction of sp³-hybridized carbons (Fsp3) is 0.455. The number of hydrogen-bond acceptors (Lipinski definition) is 7. The van der Waals surface area contributed by atoms with Crippen molar-refractivity contribution in [1.82, 2.24) is 4.31 Å². The molecule has 11 heteroatoms. The predicted molar refractivity (Wildman–Crippen MR) is 127 cm³/mol. The summed E-state index contributed by atoms with van der Waals surface area (Å²) in [6.07, 6.45) is 1.99. The number of rotatable bonds is 10. The Bertz CT molecular complexity index is 1120. The van der Waals surface area contributed by atoms with Gasteiger partial charge in [-0.05, 0) is 43.9 Å². The van der Waals surface area contributed by atoms with E-state index in [1.807, 2.05) is 31.2 Å². The summed E-state index contributed by atoms with van der Waals surface area (Å²) in [4.78, 5) is 23.2. The molecule has 180 valence electrons. The molecule has 0 spiro atoms. The summed E-state index contributed by atoms with van der Waals surface area (Å²) in [5.41, 5.74) is 2.21. The monoisotopic (exact) mass is 496 g/mol. The molecule has 1 fully saturated rings. The van der Waals surface area contributed by atoms with Crippen LogP contribution in [0.2, 0.25) is 0 Å². The molecule has 9 nitrogen and oxygen atoms in total. The van der Waals surface area contributed by atoms with E-state index in [-0.39, 0.29) is 22.4 Å². The normalized spacial score (nSPS) is 15.3. The molecule has 2 heterocycles. The van der Waals surface area contributed by atoms with E-state index in [0.717, 1.165) is 22.6 Å². The fourth-order valence-electron chi connectivity index (χ4n) is 3.87. The van der Waals surface area contributed by atoms with Crippen molar-refractivity contribution in [2.45, 2.75) is 39.2 Å². The summed E-state index contributed by atoms with van der Waals surface area (Å²) >= 11 is 1.04. The number of carbonyl (C=O) groups is 2. The Hall–Kier alpha value is -2.63. The molecule has 0 radical (unpaired) electrons. The van der Waals surface area contributed by atoms with Crippen molar-refractivity contribution in [3.63, 3.8) is 0 Å². The standard InChI is InChI=1S/C22H28N2O7S2/c1-3-11-33(29,30)24-9-7-16(8-10-24)23-17-6-4-5-15(12-17)20-14(2)19(31-13-18(25)26)21(32-20)22(27)28/h4-6,12,16,23H,3,7-11,13H2,1-2H3,(H,25,26)(H,27,28). The van der Waals surface area contributed by atoms with Gasteiger partial charge in [0.05, 0.1) is 5.75 Å². The molecule has 0 saturated carbocycles. The van der Waals surface area contributed by atoms with Crippen LogP contribution in [0.15, 0.2) is 24.3 Å². The first-order valence-electron chi connectivity index (χ1n) is 10.7. The van der Waals surface area contributed by atoms with Gasteiger partial charge in [-0.3, -0.25) is 0 Å². The Labute approximate surface area is 197 Å². The van der Waals surface area contributed by atoms with Gasteiger partial charge in [0.15, 0.2) is 11.5 Å². The number of thiophene rings is 1. The Morgan fingerprint density at radius 2 is 1.94 bits per heavy atom. The minimum absolute atomic E-state index is 0.0391. The molecular formula is C22H28N2O7S2. The van der Waals surface area contributed by atoms with Crippen LogP contribution >= 0.6 is 11.3 Å². The van der Waals surface area contributed by atoms with Crippen molar-refractivity contribution >= 4 is 39.0 Å². The molecule has 2 aromatic rings. The average molecular weight is 497 g/mol. The van der Waals surface area contributed by atoms with Gasteiger partial charge >= 0.3 is 11.9 Å². The maximum absolute atomic E-state index is 12.3. The van der Waals surface area contributed by atoms with Crippen molar-refractivity contribution in [3.05, 3.63) is 34.7 Å². The summed E-state index contributed by atoms with van der Waals surface area (Å²) < 4.78 is 31.4. The predicted octanol–water partition coefficient (Wildman–Crippen LogP) is 3.50. The number of carboxylic acids is 2. The summed E-state index contributed by atoms with van der Waals surface area (Å²) in [5.74, 6) is -2.11. The van der Waals surface area contributed by atoms with E-state index in [1.54, 1.807) is 11.2 Å². The molecule has 1 aromatic heterocycles. The molecule has 3 rings (SSSR count). The number of sulfonamides is 1. The number of nitrogens with zero attached hydrogens (tertiary/aromatic N) is 1. The van der Waals surface area contributed by atoms with Crippen LogP contribution in [0.4, 0.5) is 5.69 Å². The molecule has 0 atom stereocenters. The van der Waals surface area contributed by atoms with Gasteiger partial charge in [-0.2, -0.15) is 0 Å². The van der Waals surface area contributed by atoms with Crippen molar-refractivity contribution in [3.8, 4) is 16.2 Å². The van der Waals surface area contributed by atoms with E-state index in [4.69, 9.17) is 9.84 Å². The van der Waals surface area contributed by atoms with E-state index < -0.39 is 28.6 Å². The quantitative estimate of drug-likeness (QED) is 0.455. The zero-order chi connectivity index (χ0) is 24.2. The minimum atomic E-state index is -3.19. The van der Waals surface area contributed by atoms with Gasteiger partial charge in [0, 0.05) is 35.3 Å². The van der Waals surface area contributed by atoms with E-state index >= 15 is 0 Å². The summed E-state index contributed by atoms with van der Waals surface area (Å²) in [7, 11) is -3.19. The van der Waals surface area contributed by atoms with E-state index in [2.05, 4.69) is 5.32 Å². The molecule has 0 aliphatic carbocycles. The van der Waals surface area contributed by atoms with E-state index in [1.165, 1.54) is 0 Å².